The van der Waals surface area contributed by atoms with Crippen LogP contribution in [0.25, 0.3) is 0 Å². The Morgan fingerprint density at radius 1 is 1.15 bits per heavy atom. The van der Waals surface area contributed by atoms with Gasteiger partial charge in [0.1, 0.15) is 0 Å². The summed E-state index contributed by atoms with van der Waals surface area (Å²) in [6.07, 6.45) is -1.07. The van der Waals surface area contributed by atoms with E-state index in [9.17, 15) is 23.1 Å². The van der Waals surface area contributed by atoms with Gasteiger partial charge in [0, 0.05) is 31.2 Å². The van der Waals surface area contributed by atoms with E-state index in [-0.39, 0.29) is 24.7 Å². The predicted octanol–water partition coefficient (Wildman–Crippen LogP) is 2.38. The molecule has 2 N–H and O–H groups in total. The molecule has 0 aromatic heterocycles. The third-order valence-corrected chi connectivity index (χ3v) is 5.05. The van der Waals surface area contributed by atoms with Crippen LogP contribution in [0, 0.1) is 0 Å². The number of piperidine rings is 1. The Bertz CT molecular complexity index is 601. The van der Waals surface area contributed by atoms with Crippen LogP contribution in [0.5, 0.6) is 0 Å². The first-order valence-electron chi connectivity index (χ1n) is 9.18. The number of rotatable bonds is 2. The molecule has 2 aliphatic rings. The van der Waals surface area contributed by atoms with E-state index in [4.69, 9.17) is 5.11 Å². The fraction of sp³-hybridized carbons (Fsp3) is 0.632. The van der Waals surface area contributed by atoms with Gasteiger partial charge in [0.2, 0.25) is 0 Å². The van der Waals surface area contributed by atoms with Crippen molar-refractivity contribution in [2.45, 2.75) is 44.0 Å². The summed E-state index contributed by atoms with van der Waals surface area (Å²) in [5, 5.41) is 18.0. The number of halogens is 3. The Morgan fingerprint density at radius 2 is 1.74 bits per heavy atom. The summed E-state index contributed by atoms with van der Waals surface area (Å²) in [6, 6.07) is 4.54. The number of nitrogens with zero attached hydrogens (tertiary/aromatic N) is 2. The molecule has 0 bridgehead atoms. The molecule has 0 radical (unpaired) electrons. The average Bonchev–Trinajstić information content (AvgIpc) is 3.18. The molecule has 1 aromatic rings. The van der Waals surface area contributed by atoms with Crippen molar-refractivity contribution in [1.29, 1.82) is 0 Å². The van der Waals surface area contributed by atoms with E-state index in [1.807, 2.05) is 7.05 Å². The van der Waals surface area contributed by atoms with Crippen LogP contribution in [0.2, 0.25) is 0 Å². The molecule has 2 saturated heterocycles. The van der Waals surface area contributed by atoms with Gasteiger partial charge in [0.15, 0.2) is 0 Å². The molecule has 27 heavy (non-hydrogen) atoms. The van der Waals surface area contributed by atoms with E-state index >= 15 is 0 Å². The standard InChI is InChI=1S/C12H12F3NO.C7H15NO2/c13-12(14,15)10-5-3-9(4-6-10)11(17)16-7-1-2-8-16;1-8-3-2-7(10)4-6(8)5-9/h3-6H,1-2,7-8H2;6-7,9-10H,2-5H2,1H3. The Hall–Kier alpha value is -1.64. The molecule has 2 heterocycles. The molecule has 0 saturated carbocycles. The lowest BCUT2D eigenvalue weighted by Crippen LogP contribution is -2.43. The minimum Gasteiger partial charge on any atom is -0.395 e. The number of likely N-dealkylation sites (tertiary alicyclic amines) is 2. The highest BCUT2D eigenvalue weighted by atomic mass is 19.4. The average molecular weight is 388 g/mol. The van der Waals surface area contributed by atoms with Crippen LogP contribution >= 0.6 is 0 Å². The number of aliphatic hydroxyl groups is 2. The number of amides is 1. The van der Waals surface area contributed by atoms with Crippen LogP contribution in [-0.4, -0.2) is 71.4 Å². The number of carbonyl (C=O) groups excluding carboxylic acids is 1. The van der Waals surface area contributed by atoms with E-state index < -0.39 is 11.7 Å². The van der Waals surface area contributed by atoms with Crippen molar-refractivity contribution in [2.75, 3.05) is 33.3 Å². The maximum atomic E-state index is 12.3. The van der Waals surface area contributed by atoms with Crippen molar-refractivity contribution in [3.8, 4) is 0 Å². The Morgan fingerprint density at radius 3 is 2.22 bits per heavy atom. The van der Waals surface area contributed by atoms with Crippen LogP contribution in [0.15, 0.2) is 24.3 Å². The summed E-state index contributed by atoms with van der Waals surface area (Å²) in [5.74, 6) is -0.184. The van der Waals surface area contributed by atoms with E-state index in [2.05, 4.69) is 4.90 Å². The molecular weight excluding hydrogens is 361 g/mol. The molecule has 0 aliphatic carbocycles. The zero-order valence-electron chi connectivity index (χ0n) is 15.5. The SMILES string of the molecule is CN1CCC(O)CC1CO.O=C(c1ccc(C(F)(F)F)cc1)N1CCCC1. The van der Waals surface area contributed by atoms with Crippen molar-refractivity contribution in [3.63, 3.8) is 0 Å². The molecule has 5 nitrogen and oxygen atoms in total. The quantitative estimate of drug-likeness (QED) is 0.817. The predicted molar refractivity (Wildman–Crippen MR) is 95.3 cm³/mol. The number of carbonyl (C=O) groups is 1. The highest BCUT2D eigenvalue weighted by Crippen LogP contribution is 2.29. The Kier molecular flexibility index (Phi) is 7.64. The van der Waals surface area contributed by atoms with Gasteiger partial charge in [-0.15, -0.1) is 0 Å². The lowest BCUT2D eigenvalue weighted by Gasteiger charge is -2.33. The largest absolute Gasteiger partial charge is 0.416 e. The molecule has 2 atom stereocenters. The van der Waals surface area contributed by atoms with Gasteiger partial charge in [0.25, 0.3) is 5.91 Å². The van der Waals surface area contributed by atoms with Crippen molar-refractivity contribution in [2.24, 2.45) is 0 Å². The number of aliphatic hydroxyl groups excluding tert-OH is 2. The van der Waals surface area contributed by atoms with Gasteiger partial charge >= 0.3 is 6.18 Å². The monoisotopic (exact) mass is 388 g/mol. The normalized spacial score (nSPS) is 23.7. The lowest BCUT2D eigenvalue weighted by molar-refractivity contribution is -0.137. The van der Waals surface area contributed by atoms with Crippen LogP contribution in [-0.2, 0) is 6.18 Å². The topological polar surface area (TPSA) is 64.0 Å². The molecule has 152 valence electrons. The minimum atomic E-state index is -4.35. The molecule has 2 fully saturated rings. The van der Waals surface area contributed by atoms with E-state index in [0.29, 0.717) is 25.1 Å². The fourth-order valence-electron chi connectivity index (χ4n) is 3.27. The molecule has 3 rings (SSSR count). The number of alkyl halides is 3. The zero-order valence-corrected chi connectivity index (χ0v) is 15.5. The summed E-state index contributed by atoms with van der Waals surface area (Å²) in [6.45, 7) is 2.44. The molecule has 1 amide bonds. The summed E-state index contributed by atoms with van der Waals surface area (Å²) >= 11 is 0. The van der Waals surface area contributed by atoms with E-state index in [0.717, 1.165) is 37.9 Å². The molecule has 2 aliphatic heterocycles. The fourth-order valence-corrected chi connectivity index (χ4v) is 3.27. The second-order valence-electron chi connectivity index (χ2n) is 7.07. The van der Waals surface area contributed by atoms with Crippen molar-refractivity contribution >= 4 is 5.91 Å². The van der Waals surface area contributed by atoms with Gasteiger partial charge in [-0.05, 0) is 57.0 Å². The first-order valence-corrected chi connectivity index (χ1v) is 9.18. The van der Waals surface area contributed by atoms with Crippen molar-refractivity contribution < 1.29 is 28.2 Å². The summed E-state index contributed by atoms with van der Waals surface area (Å²) < 4.78 is 37.0. The minimum absolute atomic E-state index is 0.160. The van der Waals surface area contributed by atoms with Gasteiger partial charge in [0.05, 0.1) is 18.3 Å². The number of likely N-dealkylation sites (N-methyl/N-ethyl adjacent to an activating group) is 1. The molecule has 8 heteroatoms. The van der Waals surface area contributed by atoms with Crippen LogP contribution in [0.3, 0.4) is 0 Å². The molecular formula is C19H27F3N2O3. The Balaban J connectivity index is 0.000000223. The second-order valence-corrected chi connectivity index (χ2v) is 7.07. The highest BCUT2D eigenvalue weighted by Gasteiger charge is 2.30. The smallest absolute Gasteiger partial charge is 0.395 e. The highest BCUT2D eigenvalue weighted by molar-refractivity contribution is 5.94. The van der Waals surface area contributed by atoms with Crippen LogP contribution < -0.4 is 0 Å². The van der Waals surface area contributed by atoms with Crippen molar-refractivity contribution in [3.05, 3.63) is 35.4 Å². The summed E-state index contributed by atoms with van der Waals surface area (Å²) in [4.78, 5) is 15.6. The van der Waals surface area contributed by atoms with Crippen LogP contribution in [0.1, 0.15) is 41.6 Å². The van der Waals surface area contributed by atoms with Gasteiger partial charge < -0.3 is 20.0 Å². The van der Waals surface area contributed by atoms with Gasteiger partial charge in [-0.2, -0.15) is 13.2 Å². The maximum absolute atomic E-state index is 12.3. The van der Waals surface area contributed by atoms with E-state index in [1.165, 1.54) is 12.1 Å². The van der Waals surface area contributed by atoms with Gasteiger partial charge in [-0.3, -0.25) is 4.79 Å². The van der Waals surface area contributed by atoms with E-state index in [1.54, 1.807) is 4.90 Å². The third-order valence-electron chi connectivity index (χ3n) is 5.05. The first-order chi connectivity index (χ1) is 12.7. The van der Waals surface area contributed by atoms with Crippen molar-refractivity contribution in [1.82, 2.24) is 9.80 Å². The van der Waals surface area contributed by atoms with Gasteiger partial charge in [-0.1, -0.05) is 0 Å². The third kappa shape index (κ3) is 6.19. The molecule has 2 unspecified atom stereocenters. The molecule has 1 aromatic carbocycles. The number of benzene rings is 1. The van der Waals surface area contributed by atoms with Gasteiger partial charge in [-0.25, -0.2) is 0 Å². The lowest BCUT2D eigenvalue weighted by atomic mass is 10.0. The zero-order chi connectivity index (χ0) is 20.0. The van der Waals surface area contributed by atoms with Crippen LogP contribution in [0.4, 0.5) is 13.2 Å². The molecule has 0 spiro atoms. The number of hydrogen-bond donors (Lipinski definition) is 2. The summed E-state index contributed by atoms with van der Waals surface area (Å²) in [5.41, 5.74) is -0.407. The second kappa shape index (κ2) is 9.52. The number of hydrogen-bond acceptors (Lipinski definition) is 4. The summed E-state index contributed by atoms with van der Waals surface area (Å²) in [7, 11) is 1.98. The Labute approximate surface area is 157 Å². The maximum Gasteiger partial charge on any atom is 0.416 e. The first kappa shape index (κ1) is 21.7.